The molecule has 0 fully saturated rings. The third kappa shape index (κ3) is 2.79. The number of fused-ring (bicyclic) bond motifs is 3. The molecule has 0 saturated carbocycles. The van der Waals surface area contributed by atoms with Crippen molar-refractivity contribution in [2.75, 3.05) is 0 Å². The van der Waals surface area contributed by atoms with Crippen molar-refractivity contribution in [3.63, 3.8) is 0 Å². The van der Waals surface area contributed by atoms with Crippen LogP contribution in [0.25, 0.3) is 11.1 Å². The molecule has 3 aromatic carbocycles. The van der Waals surface area contributed by atoms with Crippen LogP contribution >= 0.6 is 31.6 Å². The highest BCUT2D eigenvalue weighted by Crippen LogP contribution is 2.52. The van der Waals surface area contributed by atoms with Gasteiger partial charge in [-0.2, -0.15) is 0 Å². The summed E-state index contributed by atoms with van der Waals surface area (Å²) in [5.74, 6) is 1.39. The molecule has 4 rings (SSSR count). The van der Waals surface area contributed by atoms with Gasteiger partial charge < -0.3 is 9.05 Å². The van der Waals surface area contributed by atoms with Gasteiger partial charge in [0, 0.05) is 10.6 Å². The maximum absolute atomic E-state index is 6.33. The zero-order valence-corrected chi connectivity index (χ0v) is 14.3. The van der Waals surface area contributed by atoms with Crippen LogP contribution in [-0.2, 0) is 0 Å². The number of para-hydroxylation sites is 1. The van der Waals surface area contributed by atoms with E-state index in [4.69, 9.17) is 32.2 Å². The van der Waals surface area contributed by atoms with Crippen molar-refractivity contribution >= 4 is 36.9 Å². The molecule has 114 valence electrons. The Morgan fingerprint density at radius 3 is 2.39 bits per heavy atom. The Kier molecular flexibility index (Phi) is 3.90. The Hall–Kier alpha value is -1.73. The summed E-state index contributed by atoms with van der Waals surface area (Å²) in [7, 11) is -1.30. The topological polar surface area (TPSA) is 18.5 Å². The summed E-state index contributed by atoms with van der Waals surface area (Å²) in [5, 5.41) is 2.09. The van der Waals surface area contributed by atoms with Crippen molar-refractivity contribution in [1.29, 1.82) is 0 Å². The summed E-state index contributed by atoms with van der Waals surface area (Å²) < 4.78 is 12.2. The van der Waals surface area contributed by atoms with Gasteiger partial charge >= 0.3 is 8.38 Å². The lowest BCUT2D eigenvalue weighted by atomic mass is 10.0. The van der Waals surface area contributed by atoms with Crippen LogP contribution in [0.4, 0.5) is 0 Å². The highest BCUT2D eigenvalue weighted by Gasteiger charge is 2.31. The molecule has 1 aliphatic rings. The van der Waals surface area contributed by atoms with E-state index in [0.717, 1.165) is 22.2 Å². The lowest BCUT2D eigenvalue weighted by molar-refractivity contribution is 0.500. The minimum Gasteiger partial charge on any atom is -0.435 e. The first-order chi connectivity index (χ1) is 11.2. The molecule has 0 bridgehead atoms. The Balaban J connectivity index is 1.82. The molecule has 3 aromatic rings. The first-order valence-corrected chi connectivity index (χ1v) is 8.95. The summed E-state index contributed by atoms with van der Waals surface area (Å²) in [6.07, 6.45) is 0. The molecule has 23 heavy (non-hydrogen) atoms. The fraction of sp³-hybridized carbons (Fsp3) is 0. The lowest BCUT2D eigenvalue weighted by Crippen LogP contribution is -2.17. The summed E-state index contributed by atoms with van der Waals surface area (Å²) >= 11 is 12.5. The predicted molar refractivity (Wildman–Crippen MR) is 96.1 cm³/mol. The molecule has 0 radical (unpaired) electrons. The predicted octanol–water partition coefficient (Wildman–Crippen LogP) is 6.07. The SMILES string of the molecule is Clc1cc(Cl)c2c(c1)-c1ccccc1P(Oc1ccccc1)O2. The van der Waals surface area contributed by atoms with E-state index in [1.54, 1.807) is 6.07 Å². The average molecular weight is 361 g/mol. The average Bonchev–Trinajstić information content (AvgIpc) is 2.57. The van der Waals surface area contributed by atoms with Crippen LogP contribution in [-0.4, -0.2) is 0 Å². The second-order valence-electron chi connectivity index (χ2n) is 5.03. The monoisotopic (exact) mass is 360 g/mol. The summed E-state index contributed by atoms with van der Waals surface area (Å²) in [6.45, 7) is 0. The van der Waals surface area contributed by atoms with E-state index in [9.17, 15) is 0 Å². The van der Waals surface area contributed by atoms with E-state index in [1.165, 1.54) is 0 Å². The van der Waals surface area contributed by atoms with E-state index in [2.05, 4.69) is 0 Å². The van der Waals surface area contributed by atoms with Crippen molar-refractivity contribution in [2.45, 2.75) is 0 Å². The normalized spacial score (nSPS) is 15.3. The molecule has 1 heterocycles. The molecule has 1 atom stereocenters. The van der Waals surface area contributed by atoms with Crippen LogP contribution in [0.3, 0.4) is 0 Å². The van der Waals surface area contributed by atoms with E-state index < -0.39 is 8.38 Å². The zero-order valence-electron chi connectivity index (χ0n) is 11.9. The third-order valence-electron chi connectivity index (χ3n) is 3.51. The molecule has 0 spiro atoms. The smallest absolute Gasteiger partial charge is 0.326 e. The van der Waals surface area contributed by atoms with E-state index in [-0.39, 0.29) is 0 Å². The highest BCUT2D eigenvalue weighted by atomic mass is 35.5. The molecule has 0 aromatic heterocycles. The third-order valence-corrected chi connectivity index (χ3v) is 5.51. The molecule has 0 N–H and O–H groups in total. The molecule has 0 amide bonds. The van der Waals surface area contributed by atoms with Gasteiger partial charge in [0.15, 0.2) is 5.75 Å². The second kappa shape index (κ2) is 6.05. The highest BCUT2D eigenvalue weighted by molar-refractivity contribution is 7.57. The van der Waals surface area contributed by atoms with Gasteiger partial charge in [0.1, 0.15) is 5.75 Å². The number of halogens is 2. The molecule has 0 aliphatic carbocycles. The van der Waals surface area contributed by atoms with Crippen molar-refractivity contribution < 1.29 is 9.05 Å². The van der Waals surface area contributed by atoms with Gasteiger partial charge in [-0.1, -0.05) is 59.6 Å². The maximum atomic E-state index is 6.33. The van der Waals surface area contributed by atoms with E-state index in [0.29, 0.717) is 15.8 Å². The number of hydrogen-bond acceptors (Lipinski definition) is 2. The van der Waals surface area contributed by atoms with Gasteiger partial charge in [-0.15, -0.1) is 0 Å². The van der Waals surface area contributed by atoms with Crippen molar-refractivity contribution in [1.82, 2.24) is 0 Å². The number of benzene rings is 3. The molecule has 1 unspecified atom stereocenters. The van der Waals surface area contributed by atoms with Crippen molar-refractivity contribution in [3.05, 3.63) is 76.8 Å². The number of hydrogen-bond donors (Lipinski definition) is 0. The fourth-order valence-corrected chi connectivity index (χ4v) is 4.59. The van der Waals surface area contributed by atoms with E-state index >= 15 is 0 Å². The quantitative estimate of drug-likeness (QED) is 0.516. The van der Waals surface area contributed by atoms with Crippen LogP contribution in [0.2, 0.25) is 10.0 Å². The maximum Gasteiger partial charge on any atom is 0.326 e. The summed E-state index contributed by atoms with van der Waals surface area (Å²) in [5.41, 5.74) is 1.94. The second-order valence-corrected chi connectivity index (χ2v) is 7.24. The van der Waals surface area contributed by atoms with Gasteiger partial charge in [0.25, 0.3) is 0 Å². The summed E-state index contributed by atoms with van der Waals surface area (Å²) in [4.78, 5) is 0. The van der Waals surface area contributed by atoms with Crippen LogP contribution in [0.1, 0.15) is 0 Å². The largest absolute Gasteiger partial charge is 0.435 e. The Morgan fingerprint density at radius 1 is 0.826 bits per heavy atom. The number of rotatable bonds is 2. The van der Waals surface area contributed by atoms with Gasteiger partial charge in [0.2, 0.25) is 0 Å². The Morgan fingerprint density at radius 2 is 1.57 bits per heavy atom. The van der Waals surface area contributed by atoms with Crippen LogP contribution in [0.5, 0.6) is 11.5 Å². The molecule has 0 saturated heterocycles. The first kappa shape index (κ1) is 14.8. The molecule has 5 heteroatoms. The van der Waals surface area contributed by atoms with E-state index in [1.807, 2.05) is 60.7 Å². The fourth-order valence-electron chi connectivity index (χ4n) is 2.49. The minimum absolute atomic E-state index is 0.492. The Labute approximate surface area is 145 Å². The van der Waals surface area contributed by atoms with Gasteiger partial charge in [-0.25, -0.2) is 0 Å². The zero-order chi connectivity index (χ0) is 15.8. The minimum atomic E-state index is -1.30. The van der Waals surface area contributed by atoms with Gasteiger partial charge in [-0.05, 0) is 35.9 Å². The Bertz CT molecular complexity index is 868. The van der Waals surface area contributed by atoms with Crippen molar-refractivity contribution in [3.8, 4) is 22.6 Å². The molecular weight excluding hydrogens is 350 g/mol. The molecule has 2 nitrogen and oxygen atoms in total. The van der Waals surface area contributed by atoms with Gasteiger partial charge in [-0.3, -0.25) is 0 Å². The molecular formula is C18H11Cl2O2P. The van der Waals surface area contributed by atoms with Crippen molar-refractivity contribution in [2.24, 2.45) is 0 Å². The van der Waals surface area contributed by atoms with Crippen LogP contribution in [0, 0.1) is 0 Å². The van der Waals surface area contributed by atoms with Crippen LogP contribution in [0.15, 0.2) is 66.7 Å². The first-order valence-electron chi connectivity index (χ1n) is 7.02. The van der Waals surface area contributed by atoms with Crippen LogP contribution < -0.4 is 14.4 Å². The standard InChI is InChI=1S/C18H11Cl2O2P/c19-12-10-15-14-8-4-5-9-17(14)23(22-18(15)16(20)11-12)21-13-6-2-1-3-7-13/h1-11H. The lowest BCUT2D eigenvalue weighted by Gasteiger charge is -2.28. The molecule has 1 aliphatic heterocycles. The summed E-state index contributed by atoms with van der Waals surface area (Å²) in [6, 6.07) is 21.2. The van der Waals surface area contributed by atoms with Gasteiger partial charge in [0.05, 0.1) is 10.3 Å².